The molecular weight excluding hydrogens is 254 g/mol. The number of aliphatic hydroxyl groups excluding tert-OH is 1. The number of nitrogens with one attached hydrogen (secondary N) is 1. The summed E-state index contributed by atoms with van der Waals surface area (Å²) >= 11 is 0. The number of hydrogen-bond donors (Lipinski definition) is 2. The van der Waals surface area contributed by atoms with E-state index in [1.165, 1.54) is 5.56 Å². The van der Waals surface area contributed by atoms with Crippen molar-refractivity contribution < 1.29 is 14.6 Å². The van der Waals surface area contributed by atoms with E-state index in [9.17, 15) is 5.11 Å². The Kier molecular flexibility index (Phi) is 3.48. The second-order valence-electron chi connectivity index (χ2n) is 4.86. The fraction of sp³-hybridized carbons (Fsp3) is 0.250. The average molecular weight is 271 g/mol. The standard InChI is InChI=1S/C16H17NO3/c1-11-2-5-13(6-3-11)17-14(9-18)12-4-7-15-16(8-12)20-10-19-15/h2-8,14,17-18H,9-10H2,1H3. The molecule has 0 bridgehead atoms. The van der Waals surface area contributed by atoms with Crippen LogP contribution in [0.2, 0.25) is 0 Å². The van der Waals surface area contributed by atoms with Crippen LogP contribution in [-0.2, 0) is 0 Å². The number of aliphatic hydroxyl groups is 1. The summed E-state index contributed by atoms with van der Waals surface area (Å²) in [5.74, 6) is 1.48. The highest BCUT2D eigenvalue weighted by atomic mass is 16.7. The highest BCUT2D eigenvalue weighted by molar-refractivity contribution is 5.50. The summed E-state index contributed by atoms with van der Waals surface area (Å²) in [5, 5.41) is 12.9. The number of hydrogen-bond acceptors (Lipinski definition) is 4. The Balaban J connectivity index is 1.81. The highest BCUT2D eigenvalue weighted by Crippen LogP contribution is 2.34. The summed E-state index contributed by atoms with van der Waals surface area (Å²) in [4.78, 5) is 0. The molecule has 4 nitrogen and oxygen atoms in total. The molecule has 1 aliphatic rings. The summed E-state index contributed by atoms with van der Waals surface area (Å²) in [5.41, 5.74) is 3.16. The van der Waals surface area contributed by atoms with Crippen LogP contribution in [0.5, 0.6) is 11.5 Å². The molecule has 2 aromatic rings. The van der Waals surface area contributed by atoms with Gasteiger partial charge in [0, 0.05) is 5.69 Å². The third-order valence-electron chi connectivity index (χ3n) is 3.37. The summed E-state index contributed by atoms with van der Waals surface area (Å²) < 4.78 is 10.7. The van der Waals surface area contributed by atoms with Crippen LogP contribution in [0.1, 0.15) is 17.2 Å². The minimum Gasteiger partial charge on any atom is -0.454 e. The first-order valence-electron chi connectivity index (χ1n) is 6.60. The molecule has 0 spiro atoms. The first-order valence-corrected chi connectivity index (χ1v) is 6.60. The third-order valence-corrected chi connectivity index (χ3v) is 3.37. The Morgan fingerprint density at radius 2 is 1.85 bits per heavy atom. The van der Waals surface area contributed by atoms with Crippen LogP contribution < -0.4 is 14.8 Å². The molecule has 2 aromatic carbocycles. The van der Waals surface area contributed by atoms with E-state index in [4.69, 9.17) is 9.47 Å². The smallest absolute Gasteiger partial charge is 0.231 e. The highest BCUT2D eigenvalue weighted by Gasteiger charge is 2.17. The SMILES string of the molecule is Cc1ccc(NC(CO)c2ccc3c(c2)OCO3)cc1. The van der Waals surface area contributed by atoms with Gasteiger partial charge in [0.05, 0.1) is 12.6 Å². The van der Waals surface area contributed by atoms with Crippen LogP contribution in [0.15, 0.2) is 42.5 Å². The Bertz CT molecular complexity index is 595. The molecule has 1 aliphatic heterocycles. The van der Waals surface area contributed by atoms with Gasteiger partial charge < -0.3 is 19.9 Å². The summed E-state index contributed by atoms with van der Waals surface area (Å²) in [6.45, 7) is 2.31. The molecule has 2 N–H and O–H groups in total. The molecule has 0 aromatic heterocycles. The number of rotatable bonds is 4. The van der Waals surface area contributed by atoms with Gasteiger partial charge in [-0.3, -0.25) is 0 Å². The molecule has 0 saturated heterocycles. The maximum atomic E-state index is 9.61. The zero-order valence-corrected chi connectivity index (χ0v) is 11.3. The fourth-order valence-corrected chi connectivity index (χ4v) is 2.22. The van der Waals surface area contributed by atoms with Gasteiger partial charge >= 0.3 is 0 Å². The Hall–Kier alpha value is -2.20. The lowest BCUT2D eigenvalue weighted by molar-refractivity contribution is 0.174. The summed E-state index contributed by atoms with van der Waals surface area (Å²) in [6.07, 6.45) is 0. The van der Waals surface area contributed by atoms with Gasteiger partial charge in [-0.05, 0) is 36.8 Å². The van der Waals surface area contributed by atoms with Gasteiger partial charge in [-0.25, -0.2) is 0 Å². The molecule has 1 unspecified atom stereocenters. The van der Waals surface area contributed by atoms with Crippen LogP contribution in [0, 0.1) is 6.92 Å². The quantitative estimate of drug-likeness (QED) is 0.897. The van der Waals surface area contributed by atoms with E-state index in [2.05, 4.69) is 5.32 Å². The van der Waals surface area contributed by atoms with Crippen molar-refractivity contribution in [2.24, 2.45) is 0 Å². The summed E-state index contributed by atoms with van der Waals surface area (Å²) in [6, 6.07) is 13.6. The minimum absolute atomic E-state index is 0.00746. The van der Waals surface area contributed by atoms with Crippen LogP contribution >= 0.6 is 0 Å². The lowest BCUT2D eigenvalue weighted by Gasteiger charge is -2.18. The maximum Gasteiger partial charge on any atom is 0.231 e. The van der Waals surface area contributed by atoms with Gasteiger partial charge in [-0.2, -0.15) is 0 Å². The van der Waals surface area contributed by atoms with Gasteiger partial charge in [0.2, 0.25) is 6.79 Å². The van der Waals surface area contributed by atoms with E-state index >= 15 is 0 Å². The van der Waals surface area contributed by atoms with Crippen molar-refractivity contribution in [2.45, 2.75) is 13.0 Å². The minimum atomic E-state index is -0.174. The third kappa shape index (κ3) is 2.56. The van der Waals surface area contributed by atoms with Gasteiger partial charge in [-0.1, -0.05) is 23.8 Å². The first-order chi connectivity index (χ1) is 9.76. The normalized spacial score (nSPS) is 14.1. The van der Waals surface area contributed by atoms with Crippen molar-refractivity contribution in [3.8, 4) is 11.5 Å². The van der Waals surface area contributed by atoms with Crippen LogP contribution in [0.25, 0.3) is 0 Å². The lowest BCUT2D eigenvalue weighted by atomic mass is 10.1. The van der Waals surface area contributed by atoms with Crippen LogP contribution in [-0.4, -0.2) is 18.5 Å². The predicted molar refractivity (Wildman–Crippen MR) is 77.2 cm³/mol. The zero-order valence-electron chi connectivity index (χ0n) is 11.3. The van der Waals surface area contributed by atoms with Crippen molar-refractivity contribution in [1.82, 2.24) is 0 Å². The number of anilines is 1. The van der Waals surface area contributed by atoms with E-state index in [0.29, 0.717) is 0 Å². The molecular formula is C16H17NO3. The van der Waals surface area contributed by atoms with Crippen molar-refractivity contribution in [2.75, 3.05) is 18.7 Å². The zero-order chi connectivity index (χ0) is 13.9. The summed E-state index contributed by atoms with van der Waals surface area (Å²) in [7, 11) is 0. The van der Waals surface area contributed by atoms with Crippen molar-refractivity contribution in [3.63, 3.8) is 0 Å². The van der Waals surface area contributed by atoms with E-state index in [0.717, 1.165) is 22.7 Å². The van der Waals surface area contributed by atoms with Gasteiger partial charge in [0.1, 0.15) is 0 Å². The number of aryl methyl sites for hydroxylation is 1. The van der Waals surface area contributed by atoms with Crippen molar-refractivity contribution in [1.29, 1.82) is 0 Å². The maximum absolute atomic E-state index is 9.61. The number of benzene rings is 2. The van der Waals surface area contributed by atoms with E-state index in [-0.39, 0.29) is 19.4 Å². The van der Waals surface area contributed by atoms with Gasteiger partial charge in [0.15, 0.2) is 11.5 Å². The predicted octanol–water partition coefficient (Wildman–Crippen LogP) is 2.87. The Morgan fingerprint density at radius 3 is 2.60 bits per heavy atom. The van der Waals surface area contributed by atoms with Crippen molar-refractivity contribution >= 4 is 5.69 Å². The first kappa shape index (κ1) is 12.8. The van der Waals surface area contributed by atoms with E-state index in [1.807, 2.05) is 49.4 Å². The molecule has 1 atom stereocenters. The molecule has 0 saturated carbocycles. The van der Waals surface area contributed by atoms with E-state index < -0.39 is 0 Å². The average Bonchev–Trinajstić information content (AvgIpc) is 2.94. The molecule has 0 radical (unpaired) electrons. The largest absolute Gasteiger partial charge is 0.454 e. The molecule has 1 heterocycles. The molecule has 0 aliphatic carbocycles. The lowest BCUT2D eigenvalue weighted by Crippen LogP contribution is -2.14. The van der Waals surface area contributed by atoms with Crippen LogP contribution in [0.3, 0.4) is 0 Å². The van der Waals surface area contributed by atoms with Gasteiger partial charge in [-0.15, -0.1) is 0 Å². The fourth-order valence-electron chi connectivity index (χ4n) is 2.22. The number of ether oxygens (including phenoxy) is 2. The van der Waals surface area contributed by atoms with Gasteiger partial charge in [0.25, 0.3) is 0 Å². The Morgan fingerprint density at radius 1 is 1.10 bits per heavy atom. The van der Waals surface area contributed by atoms with E-state index in [1.54, 1.807) is 0 Å². The topological polar surface area (TPSA) is 50.7 Å². The molecule has 3 rings (SSSR count). The molecule has 0 amide bonds. The van der Waals surface area contributed by atoms with Crippen molar-refractivity contribution in [3.05, 3.63) is 53.6 Å². The molecule has 20 heavy (non-hydrogen) atoms. The molecule has 0 fully saturated rings. The van der Waals surface area contributed by atoms with Crippen LogP contribution in [0.4, 0.5) is 5.69 Å². The number of fused-ring (bicyclic) bond motifs is 1. The monoisotopic (exact) mass is 271 g/mol. The molecule has 104 valence electrons. The second-order valence-corrected chi connectivity index (χ2v) is 4.86. The molecule has 4 heteroatoms. The second kappa shape index (κ2) is 5.43. The Labute approximate surface area is 118 Å².